The van der Waals surface area contributed by atoms with Gasteiger partial charge in [0.15, 0.2) is 0 Å². The van der Waals surface area contributed by atoms with Crippen molar-refractivity contribution in [3.8, 4) is 11.8 Å². The molecule has 0 saturated heterocycles. The van der Waals surface area contributed by atoms with Crippen molar-refractivity contribution in [1.29, 1.82) is 5.26 Å². The molecule has 3 aromatic rings. The number of amides is 1. The van der Waals surface area contributed by atoms with Gasteiger partial charge < -0.3 is 14.8 Å². The molecule has 1 amide bonds. The van der Waals surface area contributed by atoms with Crippen LogP contribution in [0.15, 0.2) is 75.2 Å². The van der Waals surface area contributed by atoms with E-state index in [1.54, 1.807) is 43.3 Å². The topological polar surface area (TPSA) is 88.4 Å². The number of nitriles is 1. The molecule has 0 atom stereocenters. The molecule has 3 rings (SSSR count). The van der Waals surface area contributed by atoms with E-state index in [0.29, 0.717) is 38.1 Å². The van der Waals surface area contributed by atoms with Crippen LogP contribution in [0.25, 0.3) is 6.08 Å². The van der Waals surface area contributed by atoms with Crippen molar-refractivity contribution in [1.82, 2.24) is 0 Å². The lowest BCUT2D eigenvalue weighted by molar-refractivity contribution is -0.112. The smallest absolute Gasteiger partial charge is 0.338 e. The molecule has 0 aliphatic rings. The summed E-state index contributed by atoms with van der Waals surface area (Å²) in [6.45, 7) is 2.40. The molecule has 0 radical (unpaired) electrons. The predicted molar refractivity (Wildman–Crippen MR) is 150 cm³/mol. The van der Waals surface area contributed by atoms with E-state index < -0.39 is 11.9 Å². The van der Waals surface area contributed by atoms with Crippen LogP contribution < -0.4 is 10.1 Å². The van der Waals surface area contributed by atoms with E-state index in [1.165, 1.54) is 6.08 Å². The van der Waals surface area contributed by atoms with Crippen molar-refractivity contribution in [2.75, 3.05) is 11.9 Å². The summed E-state index contributed by atoms with van der Waals surface area (Å²) in [5, 5.41) is 12.2. The minimum Gasteiger partial charge on any atom is -0.487 e. The Bertz CT molecular complexity index is 1280. The minimum atomic E-state index is -0.567. The van der Waals surface area contributed by atoms with Gasteiger partial charge in [-0.05, 0) is 127 Å². The van der Waals surface area contributed by atoms with Crippen LogP contribution in [0.2, 0.25) is 0 Å². The fourth-order valence-electron chi connectivity index (χ4n) is 2.95. The van der Waals surface area contributed by atoms with E-state index >= 15 is 0 Å². The quantitative estimate of drug-likeness (QED) is 0.117. The first-order chi connectivity index (χ1) is 16.8. The lowest BCUT2D eigenvalue weighted by Gasteiger charge is -2.12. The monoisotopic (exact) mass is 708 g/mol. The Hall–Kier alpha value is -2.68. The first-order valence-corrected chi connectivity index (χ1v) is 13.0. The zero-order chi connectivity index (χ0) is 25.4. The Morgan fingerprint density at radius 3 is 2.26 bits per heavy atom. The fraction of sp³-hybridized carbons (Fsp3) is 0.115. The van der Waals surface area contributed by atoms with Gasteiger partial charge in [-0.1, -0.05) is 12.1 Å². The molecule has 0 bridgehead atoms. The minimum absolute atomic E-state index is 0.0779. The van der Waals surface area contributed by atoms with Crippen LogP contribution in [-0.4, -0.2) is 18.5 Å². The Balaban J connectivity index is 1.71. The Labute approximate surface area is 233 Å². The highest BCUT2D eigenvalue weighted by Crippen LogP contribution is 2.36. The normalized spacial score (nSPS) is 10.9. The zero-order valence-corrected chi connectivity index (χ0v) is 23.8. The summed E-state index contributed by atoms with van der Waals surface area (Å²) in [6, 6.07) is 19.8. The number of benzene rings is 3. The van der Waals surface area contributed by atoms with Crippen LogP contribution in [0.1, 0.15) is 28.4 Å². The van der Waals surface area contributed by atoms with Gasteiger partial charge in [0.05, 0.1) is 21.1 Å². The van der Waals surface area contributed by atoms with Crippen LogP contribution in [0.3, 0.4) is 0 Å². The Kier molecular flexibility index (Phi) is 9.89. The molecule has 0 saturated carbocycles. The van der Waals surface area contributed by atoms with Gasteiger partial charge in [0.1, 0.15) is 24.0 Å². The maximum atomic E-state index is 12.6. The predicted octanol–water partition coefficient (Wildman–Crippen LogP) is 7.12. The first-order valence-electron chi connectivity index (χ1n) is 10.4. The third kappa shape index (κ3) is 7.65. The second-order valence-electron chi connectivity index (χ2n) is 7.15. The average molecular weight is 710 g/mol. The van der Waals surface area contributed by atoms with E-state index in [0.717, 1.165) is 9.13 Å². The lowest BCUT2D eigenvalue weighted by Crippen LogP contribution is -2.13. The number of hydrogen-bond donors (Lipinski definition) is 1. The Morgan fingerprint density at radius 1 is 1.06 bits per heavy atom. The van der Waals surface area contributed by atoms with Gasteiger partial charge in [-0.15, -0.1) is 0 Å². The van der Waals surface area contributed by atoms with Crippen LogP contribution in [0.4, 0.5) is 5.69 Å². The van der Waals surface area contributed by atoms with E-state index in [4.69, 9.17) is 9.47 Å². The fourth-order valence-corrected chi connectivity index (χ4v) is 4.76. The third-order valence-electron chi connectivity index (χ3n) is 4.65. The van der Waals surface area contributed by atoms with Crippen LogP contribution in [0, 0.1) is 14.9 Å². The number of halogens is 3. The molecule has 9 heteroatoms. The molecule has 3 aromatic carbocycles. The molecule has 0 aliphatic heterocycles. The van der Waals surface area contributed by atoms with Gasteiger partial charge in [0, 0.05) is 9.26 Å². The van der Waals surface area contributed by atoms with Gasteiger partial charge in [0.25, 0.3) is 5.91 Å². The van der Waals surface area contributed by atoms with Crippen LogP contribution in [-0.2, 0) is 16.1 Å². The summed E-state index contributed by atoms with van der Waals surface area (Å²) in [6.07, 6.45) is 1.49. The van der Waals surface area contributed by atoms with Crippen molar-refractivity contribution < 1.29 is 19.1 Å². The standard InChI is InChI=1S/C26H19Br2IN2O4/c1-2-34-26(33)18-5-9-21(10-6-18)31-25(32)19(14-30)11-17-12-22(27)24(23(28)13-17)35-15-16-3-7-20(29)8-4-16/h3-13H,2,15H2,1H3,(H,31,32)/b19-11+. The second-order valence-corrected chi connectivity index (χ2v) is 10.1. The summed E-state index contributed by atoms with van der Waals surface area (Å²) in [7, 11) is 0. The highest BCUT2D eigenvalue weighted by Gasteiger charge is 2.14. The molecule has 0 aliphatic carbocycles. The van der Waals surface area contributed by atoms with Crippen LogP contribution >= 0.6 is 54.5 Å². The van der Waals surface area contributed by atoms with Gasteiger partial charge >= 0.3 is 5.97 Å². The number of carbonyl (C=O) groups excluding carboxylic acids is 2. The maximum Gasteiger partial charge on any atom is 0.338 e. The lowest BCUT2D eigenvalue weighted by atomic mass is 10.1. The molecule has 178 valence electrons. The van der Waals surface area contributed by atoms with Crippen molar-refractivity contribution in [3.63, 3.8) is 0 Å². The number of nitrogens with one attached hydrogen (secondary N) is 1. The molecule has 35 heavy (non-hydrogen) atoms. The number of nitrogens with zero attached hydrogens (tertiary/aromatic N) is 1. The zero-order valence-electron chi connectivity index (χ0n) is 18.5. The van der Waals surface area contributed by atoms with Crippen LogP contribution in [0.5, 0.6) is 5.75 Å². The number of anilines is 1. The average Bonchev–Trinajstić information content (AvgIpc) is 2.83. The van der Waals surface area contributed by atoms with Gasteiger partial charge in [-0.25, -0.2) is 4.79 Å². The summed E-state index contributed by atoms with van der Waals surface area (Å²) >= 11 is 9.27. The van der Waals surface area contributed by atoms with Crippen molar-refractivity contribution in [2.45, 2.75) is 13.5 Å². The molecule has 1 N–H and O–H groups in total. The Morgan fingerprint density at radius 2 is 1.69 bits per heavy atom. The van der Waals surface area contributed by atoms with Gasteiger partial charge in [0.2, 0.25) is 0 Å². The summed E-state index contributed by atoms with van der Waals surface area (Å²) < 4.78 is 13.4. The third-order valence-corrected chi connectivity index (χ3v) is 6.54. The first kappa shape index (κ1) is 26.9. The van der Waals surface area contributed by atoms with E-state index in [2.05, 4.69) is 59.8 Å². The van der Waals surface area contributed by atoms with Crippen molar-refractivity contribution in [3.05, 3.63) is 95.4 Å². The number of hydrogen-bond acceptors (Lipinski definition) is 5. The van der Waals surface area contributed by atoms with Gasteiger partial charge in [-0.3, -0.25) is 4.79 Å². The SMILES string of the molecule is CCOC(=O)c1ccc(NC(=O)/C(C#N)=C/c2cc(Br)c(OCc3ccc(I)cc3)c(Br)c2)cc1. The molecule has 0 aromatic heterocycles. The number of rotatable bonds is 8. The summed E-state index contributed by atoms with van der Waals surface area (Å²) in [4.78, 5) is 24.4. The molecular formula is C26H19Br2IN2O4. The van der Waals surface area contributed by atoms with Crippen molar-refractivity contribution in [2.24, 2.45) is 0 Å². The molecule has 0 fully saturated rings. The molecule has 6 nitrogen and oxygen atoms in total. The number of esters is 1. The largest absolute Gasteiger partial charge is 0.487 e. The van der Waals surface area contributed by atoms with E-state index in [1.807, 2.05) is 30.3 Å². The highest BCUT2D eigenvalue weighted by molar-refractivity contribution is 14.1. The molecule has 0 heterocycles. The molecule has 0 spiro atoms. The van der Waals surface area contributed by atoms with Crippen molar-refractivity contribution >= 4 is 78.1 Å². The molecule has 0 unspecified atom stereocenters. The summed E-state index contributed by atoms with van der Waals surface area (Å²) in [5.41, 5.74) is 2.42. The maximum absolute atomic E-state index is 12.6. The highest BCUT2D eigenvalue weighted by atomic mass is 127. The molecular weight excluding hydrogens is 691 g/mol. The number of carbonyl (C=O) groups is 2. The second kappa shape index (κ2) is 12.9. The number of ether oxygens (including phenoxy) is 2. The van der Waals surface area contributed by atoms with Gasteiger partial charge in [-0.2, -0.15) is 5.26 Å². The van der Waals surface area contributed by atoms with E-state index in [-0.39, 0.29) is 12.2 Å². The van der Waals surface area contributed by atoms with E-state index in [9.17, 15) is 14.9 Å². The summed E-state index contributed by atoms with van der Waals surface area (Å²) in [5.74, 6) is -0.391.